The molecule has 0 aliphatic carbocycles. The number of nitrogens with zero attached hydrogens (tertiary/aromatic N) is 4. The maximum Gasteiger partial charge on any atom is 0.356 e. The SMILES string of the molecule is C[C@@H](O)[C@H]1C(=O)N2C(C(=O)OCc3ccc([N+](=O)[O-])cc3)=C(SC3CN=C(NC(=O)c4cccnc4)NC3)[C@H](C)[C@H]12. The summed E-state index contributed by atoms with van der Waals surface area (Å²) in [5.41, 5.74) is 1.03. The molecule has 0 radical (unpaired) electrons. The van der Waals surface area contributed by atoms with Gasteiger partial charge in [0, 0.05) is 47.1 Å². The van der Waals surface area contributed by atoms with E-state index in [4.69, 9.17) is 4.74 Å². The number of pyridine rings is 1. The number of benzene rings is 1. The third-order valence-electron chi connectivity index (χ3n) is 7.22. The highest BCUT2D eigenvalue weighted by molar-refractivity contribution is 8.03. The number of thioether (sulfide) groups is 1. The smallest absolute Gasteiger partial charge is 0.356 e. The number of carbonyl (C=O) groups is 3. The van der Waals surface area contributed by atoms with E-state index in [0.29, 0.717) is 35.1 Å². The average molecular weight is 581 g/mol. The topological polar surface area (TPSA) is 176 Å². The van der Waals surface area contributed by atoms with E-state index >= 15 is 0 Å². The van der Waals surface area contributed by atoms with Crippen LogP contribution in [-0.2, 0) is 20.9 Å². The van der Waals surface area contributed by atoms with Crippen molar-refractivity contribution in [2.75, 3.05) is 13.1 Å². The van der Waals surface area contributed by atoms with Gasteiger partial charge in [-0.05, 0) is 36.8 Å². The van der Waals surface area contributed by atoms with Crippen LogP contribution in [0.4, 0.5) is 5.69 Å². The summed E-state index contributed by atoms with van der Waals surface area (Å²) < 4.78 is 5.55. The van der Waals surface area contributed by atoms with Crippen LogP contribution in [0.25, 0.3) is 0 Å². The Balaban J connectivity index is 1.30. The van der Waals surface area contributed by atoms with E-state index in [9.17, 15) is 29.6 Å². The first-order chi connectivity index (χ1) is 19.7. The predicted octanol–water partition coefficient (Wildman–Crippen LogP) is 1.59. The summed E-state index contributed by atoms with van der Waals surface area (Å²) in [5.74, 6) is -1.89. The highest BCUT2D eigenvalue weighted by Crippen LogP contribution is 2.51. The molecule has 2 aromatic rings. The van der Waals surface area contributed by atoms with Gasteiger partial charge in [0.2, 0.25) is 5.91 Å². The number of nitrogens with one attached hydrogen (secondary N) is 2. The van der Waals surface area contributed by atoms with Crippen LogP contribution in [0.3, 0.4) is 0 Å². The van der Waals surface area contributed by atoms with E-state index in [-0.39, 0.29) is 47.0 Å². The molecular formula is C27H28N6O7S. The number of rotatable bonds is 8. The molecule has 14 heteroatoms. The minimum atomic E-state index is -0.875. The van der Waals surface area contributed by atoms with Crippen LogP contribution < -0.4 is 10.6 Å². The lowest BCUT2D eigenvalue weighted by Gasteiger charge is -2.46. The van der Waals surface area contributed by atoms with Crippen LogP contribution in [0.15, 0.2) is 64.4 Å². The second-order valence-corrected chi connectivity index (χ2v) is 11.3. The van der Waals surface area contributed by atoms with E-state index in [1.807, 2.05) is 6.92 Å². The van der Waals surface area contributed by atoms with E-state index in [0.717, 1.165) is 0 Å². The number of β-lactam (4-membered cyclic amide) rings is 1. The van der Waals surface area contributed by atoms with Crippen molar-refractivity contribution in [3.05, 3.63) is 80.6 Å². The monoisotopic (exact) mass is 580 g/mol. The number of aliphatic hydroxyl groups is 1. The molecule has 5 atom stereocenters. The Kier molecular flexibility index (Phi) is 8.03. The van der Waals surface area contributed by atoms with Crippen molar-refractivity contribution >= 4 is 41.2 Å². The van der Waals surface area contributed by atoms with Crippen molar-refractivity contribution in [3.63, 3.8) is 0 Å². The summed E-state index contributed by atoms with van der Waals surface area (Å²) in [5, 5.41) is 26.9. The Morgan fingerprint density at radius 3 is 2.68 bits per heavy atom. The number of nitro benzene ring substituents is 1. The Hall–Kier alpha value is -4.30. The minimum Gasteiger partial charge on any atom is -0.456 e. The number of hydrogen-bond acceptors (Lipinski definition) is 11. The van der Waals surface area contributed by atoms with Crippen molar-refractivity contribution in [3.8, 4) is 0 Å². The molecule has 2 amide bonds. The van der Waals surface area contributed by atoms with Gasteiger partial charge in [0.1, 0.15) is 12.3 Å². The molecular weight excluding hydrogens is 552 g/mol. The number of carbonyl (C=O) groups excluding carboxylic acids is 3. The molecule has 13 nitrogen and oxygen atoms in total. The Morgan fingerprint density at radius 1 is 1.32 bits per heavy atom. The summed E-state index contributed by atoms with van der Waals surface area (Å²) >= 11 is 1.42. The van der Waals surface area contributed by atoms with Gasteiger partial charge in [-0.2, -0.15) is 0 Å². The number of aromatic nitrogens is 1. The standard InChI is InChI=1S/C27H28N6O7S/c1-14-21-20(15(2)34)25(36)32(21)22(26(37)40-13-16-5-7-18(8-6-16)33(38)39)23(14)41-19-11-29-27(30-12-19)31-24(35)17-4-3-9-28-10-17/h3-10,14-15,19-21,34H,11-13H2,1-2H3,(H2,29,30,31,35)/t14-,15-,20-,21-/m1/s1. The largest absolute Gasteiger partial charge is 0.456 e. The van der Waals surface area contributed by atoms with Gasteiger partial charge in [0.05, 0.1) is 35.1 Å². The van der Waals surface area contributed by atoms with Crippen molar-refractivity contribution in [1.29, 1.82) is 0 Å². The maximum absolute atomic E-state index is 13.4. The number of guanidine groups is 1. The van der Waals surface area contributed by atoms with Crippen LogP contribution >= 0.6 is 11.8 Å². The van der Waals surface area contributed by atoms with Gasteiger partial charge in [-0.25, -0.2) is 4.79 Å². The lowest BCUT2D eigenvalue weighted by Crippen LogP contribution is -2.63. The predicted molar refractivity (Wildman–Crippen MR) is 148 cm³/mol. The van der Waals surface area contributed by atoms with Crippen molar-refractivity contribution in [1.82, 2.24) is 20.5 Å². The molecule has 1 aromatic carbocycles. The zero-order valence-corrected chi connectivity index (χ0v) is 23.0. The maximum atomic E-state index is 13.4. The molecule has 3 aliphatic rings. The minimum absolute atomic E-state index is 0.0761. The second kappa shape index (κ2) is 11.7. The highest BCUT2D eigenvalue weighted by atomic mass is 32.2. The zero-order valence-electron chi connectivity index (χ0n) is 22.2. The van der Waals surface area contributed by atoms with E-state index in [1.165, 1.54) is 47.1 Å². The summed E-state index contributed by atoms with van der Waals surface area (Å²) in [4.78, 5) is 59.6. The number of amides is 2. The number of non-ortho nitro benzene ring substituents is 1. The number of ether oxygens (including phenoxy) is 1. The molecule has 3 aliphatic heterocycles. The van der Waals surface area contributed by atoms with Gasteiger partial charge in [-0.1, -0.05) is 6.92 Å². The molecule has 5 rings (SSSR count). The highest BCUT2D eigenvalue weighted by Gasteiger charge is 2.60. The Labute approximate surface area is 239 Å². The Morgan fingerprint density at radius 2 is 2.07 bits per heavy atom. The quantitative estimate of drug-likeness (QED) is 0.180. The van der Waals surface area contributed by atoms with Crippen molar-refractivity contribution < 1.29 is 29.2 Å². The molecule has 4 heterocycles. The Bertz CT molecular complexity index is 1430. The van der Waals surface area contributed by atoms with Crippen LogP contribution in [0.1, 0.15) is 29.8 Å². The zero-order chi connectivity index (χ0) is 29.3. The fraction of sp³-hybridized carbons (Fsp3) is 0.370. The van der Waals surface area contributed by atoms with Gasteiger partial charge in [-0.15, -0.1) is 11.8 Å². The molecule has 3 N–H and O–H groups in total. The first kappa shape index (κ1) is 28.2. The lowest BCUT2D eigenvalue weighted by molar-refractivity contribution is -0.384. The number of fused-ring (bicyclic) bond motifs is 1. The molecule has 214 valence electrons. The number of nitro groups is 1. The third kappa shape index (κ3) is 5.65. The molecule has 0 bridgehead atoms. The van der Waals surface area contributed by atoms with E-state index < -0.39 is 22.9 Å². The van der Waals surface area contributed by atoms with Crippen LogP contribution in [0.2, 0.25) is 0 Å². The van der Waals surface area contributed by atoms with E-state index in [2.05, 4.69) is 20.6 Å². The van der Waals surface area contributed by atoms with E-state index in [1.54, 1.807) is 25.3 Å². The molecule has 1 fully saturated rings. The number of hydrogen-bond donors (Lipinski definition) is 3. The lowest BCUT2D eigenvalue weighted by atomic mass is 9.79. The van der Waals surface area contributed by atoms with Crippen LogP contribution in [-0.4, -0.2) is 74.1 Å². The first-order valence-corrected chi connectivity index (χ1v) is 13.9. The molecule has 1 saturated heterocycles. The second-order valence-electron chi connectivity index (χ2n) is 9.97. The summed E-state index contributed by atoms with van der Waals surface area (Å²) in [6.07, 6.45) is 2.16. The van der Waals surface area contributed by atoms with Crippen molar-refractivity contribution in [2.45, 2.75) is 37.9 Å². The molecule has 1 unspecified atom stereocenters. The molecule has 0 spiro atoms. The van der Waals surface area contributed by atoms with Gasteiger partial charge in [-0.3, -0.25) is 35.0 Å². The fourth-order valence-electron chi connectivity index (χ4n) is 5.14. The summed E-state index contributed by atoms with van der Waals surface area (Å²) in [6.45, 7) is 4.13. The fourth-order valence-corrected chi connectivity index (χ4v) is 6.47. The molecule has 41 heavy (non-hydrogen) atoms. The summed E-state index contributed by atoms with van der Waals surface area (Å²) in [7, 11) is 0. The third-order valence-corrected chi connectivity index (χ3v) is 8.69. The van der Waals surface area contributed by atoms with Crippen LogP contribution in [0, 0.1) is 22.0 Å². The first-order valence-electron chi connectivity index (χ1n) is 13.0. The summed E-state index contributed by atoms with van der Waals surface area (Å²) in [6, 6.07) is 8.60. The van der Waals surface area contributed by atoms with Crippen LogP contribution in [0.5, 0.6) is 0 Å². The van der Waals surface area contributed by atoms with Gasteiger partial charge >= 0.3 is 5.97 Å². The van der Waals surface area contributed by atoms with Gasteiger partial charge in [0.25, 0.3) is 11.6 Å². The van der Waals surface area contributed by atoms with Gasteiger partial charge < -0.3 is 20.1 Å². The average Bonchev–Trinajstić information content (AvgIpc) is 3.20. The van der Waals surface area contributed by atoms with Crippen molar-refractivity contribution in [2.24, 2.45) is 16.8 Å². The number of esters is 1. The molecule has 0 saturated carbocycles. The normalized spacial score (nSPS) is 24.0. The number of aliphatic hydroxyl groups excluding tert-OH is 1. The van der Waals surface area contributed by atoms with Gasteiger partial charge in [0.15, 0.2) is 5.96 Å². The number of aliphatic imine (C=N–C) groups is 1. The molecule has 1 aromatic heterocycles.